The van der Waals surface area contributed by atoms with Crippen molar-refractivity contribution >= 4 is 17.4 Å². The van der Waals surface area contributed by atoms with Crippen LogP contribution in [0, 0.1) is 5.41 Å². The van der Waals surface area contributed by atoms with Gasteiger partial charge < -0.3 is 20.6 Å². The number of aliphatic hydroxyl groups is 1. The maximum atomic E-state index is 12.3. The molecule has 0 radical (unpaired) electrons. The van der Waals surface area contributed by atoms with E-state index in [1.165, 1.54) is 25.7 Å². The summed E-state index contributed by atoms with van der Waals surface area (Å²) in [7, 11) is 2.11. The number of nitrogens with one attached hydrogen (secondary N) is 2. The Morgan fingerprint density at radius 3 is 2.62 bits per heavy atom. The Hall–Kier alpha value is -1.75. The lowest BCUT2D eigenvalue weighted by Crippen LogP contribution is -2.37. The summed E-state index contributed by atoms with van der Waals surface area (Å²) in [5.74, 6) is 0. The summed E-state index contributed by atoms with van der Waals surface area (Å²) in [6.45, 7) is 4.72. The fourth-order valence-corrected chi connectivity index (χ4v) is 3.25. The topological polar surface area (TPSA) is 64.6 Å². The second kappa shape index (κ2) is 8.38. The lowest BCUT2D eigenvalue weighted by molar-refractivity contribution is 0.204. The molecule has 134 valence electrons. The van der Waals surface area contributed by atoms with Gasteiger partial charge in [0, 0.05) is 26.2 Å². The fraction of sp³-hybridized carbons (Fsp3) is 0.632. The van der Waals surface area contributed by atoms with E-state index in [0.717, 1.165) is 11.4 Å². The van der Waals surface area contributed by atoms with Crippen LogP contribution in [0.4, 0.5) is 16.2 Å². The van der Waals surface area contributed by atoms with Crippen LogP contribution in [0.15, 0.2) is 24.3 Å². The largest absolute Gasteiger partial charge is 0.396 e. The predicted molar refractivity (Wildman–Crippen MR) is 99.6 cm³/mol. The van der Waals surface area contributed by atoms with Crippen molar-refractivity contribution < 1.29 is 9.90 Å². The molecular formula is C19H31N3O2. The average molecular weight is 333 g/mol. The van der Waals surface area contributed by atoms with Crippen LogP contribution in [0.25, 0.3) is 0 Å². The van der Waals surface area contributed by atoms with Crippen LogP contribution in [-0.4, -0.2) is 37.4 Å². The summed E-state index contributed by atoms with van der Waals surface area (Å²) in [6, 6.07) is 8.31. The van der Waals surface area contributed by atoms with Crippen molar-refractivity contribution in [1.29, 1.82) is 0 Å². The number of hydrogen-bond acceptors (Lipinski definition) is 3. The van der Waals surface area contributed by atoms with Gasteiger partial charge in [-0.1, -0.05) is 38.8 Å². The standard InChI is InChI=1S/C19H31N3O2/c1-19(2,12-13-23)14-20-18(24)21-16-10-6-7-11-17(16)22(3)15-8-4-5-9-15/h6-7,10-11,15,23H,4-5,8-9,12-14H2,1-3H3,(H2,20,21,24). The van der Waals surface area contributed by atoms with Crippen molar-refractivity contribution in [3.05, 3.63) is 24.3 Å². The maximum Gasteiger partial charge on any atom is 0.319 e. The summed E-state index contributed by atoms with van der Waals surface area (Å²) in [4.78, 5) is 14.5. The molecule has 1 aromatic carbocycles. The number of hydrogen-bond donors (Lipinski definition) is 3. The second-order valence-electron chi connectivity index (χ2n) is 7.51. The van der Waals surface area contributed by atoms with E-state index in [9.17, 15) is 4.79 Å². The van der Waals surface area contributed by atoms with E-state index in [1.54, 1.807) is 0 Å². The van der Waals surface area contributed by atoms with Crippen LogP contribution < -0.4 is 15.5 Å². The predicted octanol–water partition coefficient (Wildman–Crippen LogP) is 3.60. The maximum absolute atomic E-state index is 12.3. The molecule has 0 aliphatic heterocycles. The Bertz CT molecular complexity index is 539. The summed E-state index contributed by atoms with van der Waals surface area (Å²) >= 11 is 0. The molecule has 1 aromatic rings. The molecule has 24 heavy (non-hydrogen) atoms. The lowest BCUT2D eigenvalue weighted by Gasteiger charge is -2.29. The molecule has 0 atom stereocenters. The van der Waals surface area contributed by atoms with Gasteiger partial charge in [0.2, 0.25) is 0 Å². The summed E-state index contributed by atoms with van der Waals surface area (Å²) in [6.07, 6.45) is 5.66. The molecule has 2 amide bonds. The Kier molecular flexibility index (Phi) is 6.49. The highest BCUT2D eigenvalue weighted by molar-refractivity contribution is 5.93. The Morgan fingerprint density at radius 1 is 1.29 bits per heavy atom. The molecule has 0 aromatic heterocycles. The smallest absolute Gasteiger partial charge is 0.319 e. The Balaban J connectivity index is 1.98. The highest BCUT2D eigenvalue weighted by Crippen LogP contribution is 2.31. The minimum absolute atomic E-state index is 0.119. The van der Waals surface area contributed by atoms with E-state index in [-0.39, 0.29) is 18.1 Å². The van der Waals surface area contributed by atoms with Gasteiger partial charge in [0.05, 0.1) is 11.4 Å². The van der Waals surface area contributed by atoms with E-state index in [0.29, 0.717) is 19.0 Å². The number of urea groups is 1. The van der Waals surface area contributed by atoms with Crippen molar-refractivity contribution in [3.8, 4) is 0 Å². The van der Waals surface area contributed by atoms with Crippen molar-refractivity contribution in [1.82, 2.24) is 5.32 Å². The Morgan fingerprint density at radius 2 is 1.96 bits per heavy atom. The van der Waals surface area contributed by atoms with Crippen molar-refractivity contribution in [3.63, 3.8) is 0 Å². The number of anilines is 2. The number of amides is 2. The molecule has 5 heteroatoms. The van der Waals surface area contributed by atoms with Crippen molar-refractivity contribution in [2.24, 2.45) is 5.41 Å². The quantitative estimate of drug-likeness (QED) is 0.714. The lowest BCUT2D eigenvalue weighted by atomic mass is 9.90. The SMILES string of the molecule is CN(c1ccccc1NC(=O)NCC(C)(C)CCO)C1CCCC1. The molecular weight excluding hydrogens is 302 g/mol. The van der Waals surface area contributed by atoms with Crippen molar-refractivity contribution in [2.45, 2.75) is 52.0 Å². The summed E-state index contributed by atoms with van der Waals surface area (Å²) in [5, 5.41) is 15.0. The first-order chi connectivity index (χ1) is 11.4. The number of aliphatic hydroxyl groups excluding tert-OH is 1. The summed E-state index contributed by atoms with van der Waals surface area (Å²) < 4.78 is 0. The third-order valence-corrected chi connectivity index (χ3v) is 4.92. The highest BCUT2D eigenvalue weighted by atomic mass is 16.3. The molecule has 2 rings (SSSR count). The van der Waals surface area contributed by atoms with E-state index < -0.39 is 0 Å². The van der Waals surface area contributed by atoms with E-state index in [1.807, 2.05) is 32.0 Å². The molecule has 1 aliphatic rings. The number of carbonyl (C=O) groups excluding carboxylic acids is 1. The molecule has 1 fully saturated rings. The van der Waals surface area contributed by atoms with E-state index in [2.05, 4.69) is 28.6 Å². The van der Waals surface area contributed by atoms with Gasteiger partial charge in [0.25, 0.3) is 0 Å². The molecule has 3 N–H and O–H groups in total. The van der Waals surface area contributed by atoms with Crippen molar-refractivity contribution in [2.75, 3.05) is 30.4 Å². The molecule has 0 bridgehead atoms. The first kappa shape index (κ1) is 18.6. The summed E-state index contributed by atoms with van der Waals surface area (Å²) in [5.41, 5.74) is 1.78. The van der Waals surface area contributed by atoms with Crippen LogP contribution in [0.3, 0.4) is 0 Å². The number of rotatable bonds is 7. The van der Waals surface area contributed by atoms with Gasteiger partial charge >= 0.3 is 6.03 Å². The molecule has 0 heterocycles. The number of carbonyl (C=O) groups is 1. The molecule has 5 nitrogen and oxygen atoms in total. The van der Waals surface area contributed by atoms with E-state index >= 15 is 0 Å². The normalized spacial score (nSPS) is 15.3. The zero-order chi connectivity index (χ0) is 17.6. The first-order valence-corrected chi connectivity index (χ1v) is 8.90. The van der Waals surface area contributed by atoms with Gasteiger partial charge in [-0.3, -0.25) is 0 Å². The van der Waals surface area contributed by atoms with Crippen LogP contribution in [0.5, 0.6) is 0 Å². The third-order valence-electron chi connectivity index (χ3n) is 4.92. The first-order valence-electron chi connectivity index (χ1n) is 8.90. The minimum Gasteiger partial charge on any atom is -0.396 e. The van der Waals surface area contributed by atoms with Gasteiger partial charge in [-0.15, -0.1) is 0 Å². The van der Waals surface area contributed by atoms with Crippen LogP contribution >= 0.6 is 0 Å². The molecule has 0 unspecified atom stereocenters. The van der Waals surface area contributed by atoms with Crippen LogP contribution in [-0.2, 0) is 0 Å². The van der Waals surface area contributed by atoms with Gasteiger partial charge in [0.1, 0.15) is 0 Å². The molecule has 1 aliphatic carbocycles. The van der Waals surface area contributed by atoms with Crippen LogP contribution in [0.1, 0.15) is 46.0 Å². The van der Waals surface area contributed by atoms with Gasteiger partial charge in [0.15, 0.2) is 0 Å². The fourth-order valence-electron chi connectivity index (χ4n) is 3.25. The zero-order valence-electron chi connectivity index (χ0n) is 15.1. The molecule has 0 spiro atoms. The van der Waals surface area contributed by atoms with Gasteiger partial charge in [-0.2, -0.15) is 0 Å². The van der Waals surface area contributed by atoms with Gasteiger partial charge in [-0.05, 0) is 36.8 Å². The van der Waals surface area contributed by atoms with Gasteiger partial charge in [-0.25, -0.2) is 4.79 Å². The average Bonchev–Trinajstić information content (AvgIpc) is 3.07. The number of benzene rings is 1. The van der Waals surface area contributed by atoms with E-state index in [4.69, 9.17) is 5.11 Å². The Labute approximate surface area is 145 Å². The third kappa shape index (κ3) is 5.13. The van der Waals surface area contributed by atoms with Crippen LogP contribution in [0.2, 0.25) is 0 Å². The highest BCUT2D eigenvalue weighted by Gasteiger charge is 2.22. The number of para-hydroxylation sites is 2. The molecule has 1 saturated carbocycles. The molecule has 0 saturated heterocycles. The second-order valence-corrected chi connectivity index (χ2v) is 7.51. The minimum atomic E-state index is -0.201. The number of nitrogens with zero attached hydrogens (tertiary/aromatic N) is 1. The monoisotopic (exact) mass is 333 g/mol. The zero-order valence-corrected chi connectivity index (χ0v) is 15.1.